The van der Waals surface area contributed by atoms with Crippen molar-refractivity contribution >= 4 is 21.7 Å². The number of benzene rings is 1. The van der Waals surface area contributed by atoms with Crippen LogP contribution in [0.4, 0.5) is 0 Å². The van der Waals surface area contributed by atoms with Crippen molar-refractivity contribution < 1.29 is 9.53 Å². The molecule has 0 bridgehead atoms. The predicted molar refractivity (Wildman–Crippen MR) is 58.4 cm³/mol. The van der Waals surface area contributed by atoms with Gasteiger partial charge >= 0.3 is 0 Å². The van der Waals surface area contributed by atoms with E-state index in [9.17, 15) is 4.79 Å². The molecule has 1 aliphatic rings. The fourth-order valence-electron chi connectivity index (χ4n) is 1.82. The SMILES string of the molecule is COc1cccc2c1CCC(Br)C2=O. The minimum atomic E-state index is -0.0258. The summed E-state index contributed by atoms with van der Waals surface area (Å²) in [6.45, 7) is 0. The number of methoxy groups -OCH3 is 1. The third-order valence-electron chi connectivity index (χ3n) is 2.55. The summed E-state index contributed by atoms with van der Waals surface area (Å²) < 4.78 is 5.23. The largest absolute Gasteiger partial charge is 0.496 e. The van der Waals surface area contributed by atoms with E-state index in [1.54, 1.807) is 7.11 Å². The van der Waals surface area contributed by atoms with Crippen molar-refractivity contribution in [1.82, 2.24) is 0 Å². The molecule has 0 saturated carbocycles. The molecule has 1 aromatic rings. The maximum absolute atomic E-state index is 11.8. The Labute approximate surface area is 91.4 Å². The highest BCUT2D eigenvalue weighted by atomic mass is 79.9. The Bertz CT molecular complexity index is 374. The molecule has 1 unspecified atom stereocenters. The topological polar surface area (TPSA) is 26.3 Å². The van der Waals surface area contributed by atoms with Gasteiger partial charge in [-0.3, -0.25) is 4.79 Å². The number of carbonyl (C=O) groups excluding carboxylic acids is 1. The van der Waals surface area contributed by atoms with Crippen LogP contribution in [0, 0.1) is 0 Å². The van der Waals surface area contributed by atoms with Crippen molar-refractivity contribution in [1.29, 1.82) is 0 Å². The van der Waals surface area contributed by atoms with E-state index in [4.69, 9.17) is 4.74 Å². The predicted octanol–water partition coefficient (Wildman–Crippen LogP) is 2.59. The van der Waals surface area contributed by atoms with Gasteiger partial charge in [-0.25, -0.2) is 0 Å². The van der Waals surface area contributed by atoms with E-state index < -0.39 is 0 Å². The number of fused-ring (bicyclic) bond motifs is 1. The van der Waals surface area contributed by atoms with E-state index >= 15 is 0 Å². The van der Waals surface area contributed by atoms with E-state index in [-0.39, 0.29) is 10.6 Å². The number of hydrogen-bond donors (Lipinski definition) is 0. The number of hydrogen-bond acceptors (Lipinski definition) is 2. The average Bonchev–Trinajstić information content (AvgIpc) is 2.23. The Morgan fingerprint density at radius 3 is 3.00 bits per heavy atom. The lowest BCUT2D eigenvalue weighted by molar-refractivity contribution is 0.0981. The van der Waals surface area contributed by atoms with Gasteiger partial charge in [0.2, 0.25) is 0 Å². The summed E-state index contributed by atoms with van der Waals surface area (Å²) in [4.78, 5) is 11.8. The van der Waals surface area contributed by atoms with Crippen LogP contribution < -0.4 is 4.74 Å². The number of alkyl halides is 1. The van der Waals surface area contributed by atoms with Crippen LogP contribution in [-0.2, 0) is 6.42 Å². The van der Waals surface area contributed by atoms with Crippen molar-refractivity contribution in [2.75, 3.05) is 7.11 Å². The molecule has 14 heavy (non-hydrogen) atoms. The number of halogens is 1. The number of carbonyl (C=O) groups is 1. The zero-order valence-corrected chi connectivity index (χ0v) is 9.50. The Kier molecular flexibility index (Phi) is 2.59. The summed E-state index contributed by atoms with van der Waals surface area (Å²) >= 11 is 3.38. The first-order valence-corrected chi connectivity index (χ1v) is 5.49. The summed E-state index contributed by atoms with van der Waals surface area (Å²) in [5.74, 6) is 1.00. The van der Waals surface area contributed by atoms with Crippen LogP contribution in [-0.4, -0.2) is 17.7 Å². The van der Waals surface area contributed by atoms with Crippen molar-refractivity contribution in [3.05, 3.63) is 29.3 Å². The van der Waals surface area contributed by atoms with E-state index in [2.05, 4.69) is 15.9 Å². The minimum Gasteiger partial charge on any atom is -0.496 e. The quantitative estimate of drug-likeness (QED) is 0.721. The van der Waals surface area contributed by atoms with E-state index in [1.807, 2.05) is 18.2 Å². The molecule has 0 spiro atoms. The van der Waals surface area contributed by atoms with Crippen molar-refractivity contribution in [2.24, 2.45) is 0 Å². The molecule has 0 aromatic heterocycles. The van der Waals surface area contributed by atoms with Crippen LogP contribution in [0.3, 0.4) is 0 Å². The highest BCUT2D eigenvalue weighted by molar-refractivity contribution is 9.10. The minimum absolute atomic E-state index is 0.0258. The molecule has 0 aliphatic heterocycles. The lowest BCUT2D eigenvalue weighted by atomic mass is 9.90. The monoisotopic (exact) mass is 254 g/mol. The van der Waals surface area contributed by atoms with Gasteiger partial charge in [0, 0.05) is 11.1 Å². The van der Waals surface area contributed by atoms with Crippen LogP contribution in [0.25, 0.3) is 0 Å². The summed E-state index contributed by atoms with van der Waals surface area (Å²) in [6, 6.07) is 5.63. The molecular weight excluding hydrogens is 244 g/mol. The maximum atomic E-state index is 11.8. The molecule has 0 amide bonds. The first-order valence-electron chi connectivity index (χ1n) is 4.58. The number of ether oxygens (including phenoxy) is 1. The Morgan fingerprint density at radius 2 is 2.29 bits per heavy atom. The molecule has 0 N–H and O–H groups in total. The van der Waals surface area contributed by atoms with Gasteiger partial charge in [-0.2, -0.15) is 0 Å². The lowest BCUT2D eigenvalue weighted by Gasteiger charge is -2.20. The second-order valence-electron chi connectivity index (χ2n) is 3.36. The fraction of sp³-hybridized carbons (Fsp3) is 0.364. The highest BCUT2D eigenvalue weighted by Crippen LogP contribution is 2.31. The standard InChI is InChI=1S/C11H11BrO2/c1-14-10-4-2-3-8-7(10)5-6-9(12)11(8)13/h2-4,9H,5-6H2,1H3. The van der Waals surface area contributed by atoms with Crippen molar-refractivity contribution in [3.8, 4) is 5.75 Å². The molecule has 2 rings (SSSR count). The van der Waals surface area contributed by atoms with Crippen LogP contribution in [0.5, 0.6) is 5.75 Å². The van der Waals surface area contributed by atoms with Crippen molar-refractivity contribution in [2.45, 2.75) is 17.7 Å². The number of rotatable bonds is 1. The van der Waals surface area contributed by atoms with Gasteiger partial charge in [0.15, 0.2) is 5.78 Å². The molecule has 0 heterocycles. The van der Waals surface area contributed by atoms with Gasteiger partial charge < -0.3 is 4.74 Å². The normalized spacial score (nSPS) is 20.4. The van der Waals surface area contributed by atoms with E-state index in [1.165, 1.54) is 0 Å². The zero-order chi connectivity index (χ0) is 10.1. The number of Topliss-reactive ketones (excluding diaryl/α,β-unsaturated/α-hetero) is 1. The zero-order valence-electron chi connectivity index (χ0n) is 7.92. The van der Waals surface area contributed by atoms with Crippen LogP contribution in [0.2, 0.25) is 0 Å². The highest BCUT2D eigenvalue weighted by Gasteiger charge is 2.26. The molecule has 0 fully saturated rings. The first-order chi connectivity index (χ1) is 6.74. The Hall–Kier alpha value is -0.830. The summed E-state index contributed by atoms with van der Waals surface area (Å²) in [5, 5.41) is 0. The third-order valence-corrected chi connectivity index (χ3v) is 3.42. The molecular formula is C11H11BrO2. The molecule has 2 nitrogen and oxygen atoms in total. The molecule has 1 aliphatic carbocycles. The fourth-order valence-corrected chi connectivity index (χ4v) is 2.29. The molecule has 1 aromatic carbocycles. The average molecular weight is 255 g/mol. The molecule has 3 heteroatoms. The van der Waals surface area contributed by atoms with Gasteiger partial charge in [0.25, 0.3) is 0 Å². The molecule has 1 atom stereocenters. The van der Waals surface area contributed by atoms with Crippen LogP contribution in [0.1, 0.15) is 22.3 Å². The van der Waals surface area contributed by atoms with Gasteiger partial charge in [0.1, 0.15) is 5.75 Å². The second kappa shape index (κ2) is 3.73. The smallest absolute Gasteiger partial charge is 0.176 e. The molecule has 0 radical (unpaired) electrons. The van der Waals surface area contributed by atoms with Gasteiger partial charge in [0.05, 0.1) is 11.9 Å². The van der Waals surface area contributed by atoms with Gasteiger partial charge in [-0.15, -0.1) is 0 Å². The number of ketones is 1. The van der Waals surface area contributed by atoms with Crippen LogP contribution in [0.15, 0.2) is 18.2 Å². The van der Waals surface area contributed by atoms with Crippen molar-refractivity contribution in [3.63, 3.8) is 0 Å². The molecule has 74 valence electrons. The van der Waals surface area contributed by atoms with E-state index in [0.29, 0.717) is 0 Å². The summed E-state index contributed by atoms with van der Waals surface area (Å²) in [7, 11) is 1.64. The lowest BCUT2D eigenvalue weighted by Crippen LogP contribution is -2.22. The first kappa shape index (κ1) is 9.71. The summed E-state index contributed by atoms with van der Waals surface area (Å²) in [6.07, 6.45) is 1.76. The Morgan fingerprint density at radius 1 is 1.50 bits per heavy atom. The molecule has 0 saturated heterocycles. The van der Waals surface area contributed by atoms with Gasteiger partial charge in [-0.05, 0) is 18.9 Å². The maximum Gasteiger partial charge on any atom is 0.176 e. The summed E-state index contributed by atoms with van der Waals surface area (Å²) in [5.41, 5.74) is 1.85. The van der Waals surface area contributed by atoms with Crippen LogP contribution >= 0.6 is 15.9 Å². The second-order valence-corrected chi connectivity index (χ2v) is 4.46. The third kappa shape index (κ3) is 1.46. The Balaban J connectivity index is 2.52. The van der Waals surface area contributed by atoms with Gasteiger partial charge in [-0.1, -0.05) is 28.1 Å². The van der Waals surface area contributed by atoms with E-state index in [0.717, 1.165) is 29.7 Å².